The number of benzene rings is 1. The topological polar surface area (TPSA) is 119 Å². The van der Waals surface area contributed by atoms with E-state index in [1.165, 1.54) is 29.9 Å². The fourth-order valence-electron chi connectivity index (χ4n) is 4.34. The Hall–Kier alpha value is -3.05. The number of nitrogens with one attached hydrogen (secondary N) is 1. The standard InChI is InChI=1S/C23H30N6O4S/c1-16-19(17(2)29-23(26-16)24-15-25-29)9-11-22(30)27-20-14-18(8-10-21(20)33-3)34(31,32)28-12-6-4-5-7-13-28/h8,10,14-15H,4-7,9,11-13H2,1-3H3,(H,27,30). The van der Waals surface area contributed by atoms with Gasteiger partial charge in [-0.25, -0.2) is 17.9 Å². The Morgan fingerprint density at radius 2 is 1.88 bits per heavy atom. The van der Waals surface area contributed by atoms with Crippen molar-refractivity contribution in [1.29, 1.82) is 0 Å². The second kappa shape index (κ2) is 10.1. The van der Waals surface area contributed by atoms with Crippen molar-refractivity contribution in [2.75, 3.05) is 25.5 Å². The number of rotatable bonds is 7. The van der Waals surface area contributed by atoms with Crippen molar-refractivity contribution in [2.24, 2.45) is 0 Å². The molecule has 3 aromatic rings. The van der Waals surface area contributed by atoms with Crippen molar-refractivity contribution in [2.45, 2.75) is 57.3 Å². The third-order valence-corrected chi connectivity index (χ3v) is 8.13. The number of hydrogen-bond donors (Lipinski definition) is 1. The second-order valence-electron chi connectivity index (χ2n) is 8.46. The molecule has 4 rings (SSSR count). The van der Waals surface area contributed by atoms with Gasteiger partial charge in [-0.15, -0.1) is 0 Å². The van der Waals surface area contributed by atoms with Crippen molar-refractivity contribution in [1.82, 2.24) is 23.9 Å². The first-order valence-electron chi connectivity index (χ1n) is 11.4. The van der Waals surface area contributed by atoms with Gasteiger partial charge < -0.3 is 10.1 Å². The van der Waals surface area contributed by atoms with Gasteiger partial charge in [0.15, 0.2) is 0 Å². The summed E-state index contributed by atoms with van der Waals surface area (Å²) in [5.74, 6) is 0.678. The lowest BCUT2D eigenvalue weighted by Crippen LogP contribution is -2.32. The number of methoxy groups -OCH3 is 1. The monoisotopic (exact) mass is 486 g/mol. The molecule has 1 amide bonds. The van der Waals surface area contributed by atoms with Crippen LogP contribution in [0.15, 0.2) is 29.4 Å². The van der Waals surface area contributed by atoms with E-state index in [9.17, 15) is 13.2 Å². The highest BCUT2D eigenvalue weighted by Crippen LogP contribution is 2.30. The summed E-state index contributed by atoms with van der Waals surface area (Å²) < 4.78 is 35.0. The number of anilines is 1. The fraction of sp³-hybridized carbons (Fsp3) is 0.478. The number of fused-ring (bicyclic) bond motifs is 1. The maximum absolute atomic E-state index is 13.2. The van der Waals surface area contributed by atoms with Crippen LogP contribution in [0.25, 0.3) is 5.78 Å². The average molecular weight is 487 g/mol. The first-order chi connectivity index (χ1) is 16.3. The molecular formula is C23H30N6O4S. The van der Waals surface area contributed by atoms with Crippen LogP contribution in [0.5, 0.6) is 5.75 Å². The first-order valence-corrected chi connectivity index (χ1v) is 12.9. The van der Waals surface area contributed by atoms with Crippen LogP contribution >= 0.6 is 0 Å². The Morgan fingerprint density at radius 3 is 2.59 bits per heavy atom. The highest BCUT2D eigenvalue weighted by atomic mass is 32.2. The van der Waals surface area contributed by atoms with Crippen molar-refractivity contribution < 1.29 is 17.9 Å². The summed E-state index contributed by atoms with van der Waals surface area (Å²) in [5, 5.41) is 7.01. The van der Waals surface area contributed by atoms with Crippen LogP contribution in [0, 0.1) is 13.8 Å². The SMILES string of the molecule is COc1ccc(S(=O)(=O)N2CCCCCC2)cc1NC(=O)CCc1c(C)nc2ncnn2c1C. The van der Waals surface area contributed by atoms with Gasteiger partial charge in [0, 0.05) is 30.9 Å². The molecule has 1 aromatic carbocycles. The second-order valence-corrected chi connectivity index (χ2v) is 10.4. The van der Waals surface area contributed by atoms with Gasteiger partial charge in [0.05, 0.1) is 17.7 Å². The van der Waals surface area contributed by atoms with Crippen molar-refractivity contribution >= 4 is 27.4 Å². The van der Waals surface area contributed by atoms with E-state index >= 15 is 0 Å². The predicted molar refractivity (Wildman–Crippen MR) is 127 cm³/mol. The van der Waals surface area contributed by atoms with Crippen LogP contribution in [-0.4, -0.2) is 58.4 Å². The summed E-state index contributed by atoms with van der Waals surface area (Å²) in [6.07, 6.45) is 5.88. The van der Waals surface area contributed by atoms with Crippen LogP contribution in [0.2, 0.25) is 0 Å². The minimum atomic E-state index is -3.65. The molecular weight excluding hydrogens is 456 g/mol. The zero-order chi connectivity index (χ0) is 24.3. The minimum Gasteiger partial charge on any atom is -0.495 e. The van der Waals surface area contributed by atoms with Crippen LogP contribution < -0.4 is 10.1 Å². The fourth-order valence-corrected chi connectivity index (χ4v) is 5.89. The van der Waals surface area contributed by atoms with Crippen LogP contribution in [-0.2, 0) is 21.2 Å². The molecule has 2 aromatic heterocycles. The Morgan fingerprint density at radius 1 is 1.15 bits per heavy atom. The highest BCUT2D eigenvalue weighted by Gasteiger charge is 2.26. The lowest BCUT2D eigenvalue weighted by Gasteiger charge is -2.21. The minimum absolute atomic E-state index is 0.151. The van der Waals surface area contributed by atoms with E-state index in [2.05, 4.69) is 20.4 Å². The van der Waals surface area contributed by atoms with Gasteiger partial charge >= 0.3 is 0 Å². The Labute approximate surface area is 199 Å². The van der Waals surface area contributed by atoms with Crippen LogP contribution in [0.3, 0.4) is 0 Å². The van der Waals surface area contributed by atoms with E-state index in [4.69, 9.17) is 4.74 Å². The maximum atomic E-state index is 13.2. The largest absolute Gasteiger partial charge is 0.495 e. The molecule has 34 heavy (non-hydrogen) atoms. The number of amides is 1. The summed E-state index contributed by atoms with van der Waals surface area (Å²) in [4.78, 5) is 21.5. The first kappa shape index (κ1) is 24.1. The van der Waals surface area contributed by atoms with E-state index < -0.39 is 10.0 Å². The van der Waals surface area contributed by atoms with Gasteiger partial charge in [-0.1, -0.05) is 12.8 Å². The number of aryl methyl sites for hydroxylation is 2. The van der Waals surface area contributed by atoms with Gasteiger partial charge in [0.2, 0.25) is 15.9 Å². The third-order valence-electron chi connectivity index (χ3n) is 6.24. The van der Waals surface area contributed by atoms with E-state index in [1.807, 2.05) is 13.8 Å². The molecule has 0 saturated carbocycles. The quantitative estimate of drug-likeness (QED) is 0.545. The van der Waals surface area contributed by atoms with Gasteiger partial charge in [-0.3, -0.25) is 4.79 Å². The van der Waals surface area contributed by atoms with E-state index in [1.54, 1.807) is 10.6 Å². The lowest BCUT2D eigenvalue weighted by atomic mass is 10.1. The molecule has 10 nitrogen and oxygen atoms in total. The van der Waals surface area contributed by atoms with Crippen LogP contribution in [0.4, 0.5) is 5.69 Å². The molecule has 1 aliphatic heterocycles. The van der Waals surface area contributed by atoms with Crippen molar-refractivity contribution in [3.05, 3.63) is 41.5 Å². The molecule has 0 radical (unpaired) electrons. The Balaban J connectivity index is 1.51. The molecule has 1 fully saturated rings. The van der Waals surface area contributed by atoms with E-state index in [0.717, 1.165) is 42.6 Å². The summed E-state index contributed by atoms with van der Waals surface area (Å²) in [6.45, 7) is 4.83. The molecule has 1 saturated heterocycles. The Bertz CT molecular complexity index is 1300. The number of nitrogens with zero attached hydrogens (tertiary/aromatic N) is 5. The molecule has 0 aliphatic carbocycles. The third kappa shape index (κ3) is 4.90. The molecule has 3 heterocycles. The average Bonchev–Trinajstić information content (AvgIpc) is 3.10. The zero-order valence-corrected chi connectivity index (χ0v) is 20.6. The Kier molecular flexibility index (Phi) is 7.13. The normalized spacial score (nSPS) is 15.3. The molecule has 0 spiro atoms. The maximum Gasteiger partial charge on any atom is 0.252 e. The van der Waals surface area contributed by atoms with Crippen molar-refractivity contribution in [3.63, 3.8) is 0 Å². The van der Waals surface area contributed by atoms with Gasteiger partial charge in [0.25, 0.3) is 5.78 Å². The van der Waals surface area contributed by atoms with E-state index in [-0.39, 0.29) is 17.2 Å². The predicted octanol–water partition coefficient (Wildman–Crippen LogP) is 2.89. The molecule has 1 N–H and O–H groups in total. The van der Waals surface area contributed by atoms with Gasteiger partial charge in [0.1, 0.15) is 12.1 Å². The number of carbonyl (C=O) groups excluding carboxylic acids is 1. The summed E-state index contributed by atoms with van der Waals surface area (Å²) >= 11 is 0. The van der Waals surface area contributed by atoms with Gasteiger partial charge in [-0.05, 0) is 56.9 Å². The molecule has 0 unspecified atom stereocenters. The molecule has 1 aliphatic rings. The molecule has 0 atom stereocenters. The smallest absolute Gasteiger partial charge is 0.252 e. The number of hydrogen-bond acceptors (Lipinski definition) is 7. The summed E-state index contributed by atoms with van der Waals surface area (Å²) in [5.41, 5.74) is 2.95. The van der Waals surface area contributed by atoms with Crippen LogP contribution in [0.1, 0.15) is 49.1 Å². The van der Waals surface area contributed by atoms with Gasteiger partial charge in [-0.2, -0.15) is 14.4 Å². The lowest BCUT2D eigenvalue weighted by molar-refractivity contribution is -0.116. The molecule has 0 bridgehead atoms. The molecule has 11 heteroatoms. The zero-order valence-electron chi connectivity index (χ0n) is 19.7. The number of sulfonamides is 1. The number of aromatic nitrogens is 4. The highest BCUT2D eigenvalue weighted by molar-refractivity contribution is 7.89. The number of carbonyl (C=O) groups is 1. The van der Waals surface area contributed by atoms with E-state index in [0.29, 0.717) is 36.7 Å². The van der Waals surface area contributed by atoms with Crippen molar-refractivity contribution in [3.8, 4) is 5.75 Å². The summed E-state index contributed by atoms with van der Waals surface area (Å²) in [6, 6.07) is 4.59. The summed E-state index contributed by atoms with van der Waals surface area (Å²) in [7, 11) is -2.16. The number of ether oxygens (including phenoxy) is 1. The molecule has 182 valence electrons.